The third-order valence-corrected chi connectivity index (χ3v) is 6.88. The third kappa shape index (κ3) is 4.86. The second-order valence-electron chi connectivity index (χ2n) is 9.92. The number of hydrogen-bond acceptors (Lipinski definition) is 6. The normalized spacial score (nSPS) is 14.5. The summed E-state index contributed by atoms with van der Waals surface area (Å²) < 4.78 is 15.3. The second-order valence-corrected chi connectivity index (χ2v) is 10.9. The van der Waals surface area contributed by atoms with Gasteiger partial charge in [-0.05, 0) is 64.1 Å². The van der Waals surface area contributed by atoms with Gasteiger partial charge in [0.2, 0.25) is 10.1 Å². The standard InChI is InChI=1S/C26H29FN6OS/c1-17-6-5-7-19(16-17)23(34)31-12-14-32(15-13-31)25-30-33-22(29-26(2,3)4)21(28-24(33)35-25)18-8-10-20(27)11-9-18/h5-11,16,29H,12-15H2,1-4H3. The Balaban J connectivity index is 1.38. The van der Waals surface area contributed by atoms with Crippen molar-refractivity contribution >= 4 is 33.2 Å². The first-order valence-electron chi connectivity index (χ1n) is 11.7. The molecule has 1 saturated heterocycles. The number of imidazole rings is 1. The highest BCUT2D eigenvalue weighted by Gasteiger charge is 2.27. The van der Waals surface area contributed by atoms with Gasteiger partial charge in [0.05, 0.1) is 0 Å². The van der Waals surface area contributed by atoms with E-state index in [-0.39, 0.29) is 17.3 Å². The van der Waals surface area contributed by atoms with Gasteiger partial charge >= 0.3 is 0 Å². The highest BCUT2D eigenvalue weighted by Crippen LogP contribution is 2.35. The first-order chi connectivity index (χ1) is 16.7. The first kappa shape index (κ1) is 23.3. The van der Waals surface area contributed by atoms with E-state index >= 15 is 0 Å². The molecule has 1 aliphatic rings. The van der Waals surface area contributed by atoms with Crippen LogP contribution in [0.3, 0.4) is 0 Å². The lowest BCUT2D eigenvalue weighted by Gasteiger charge is -2.34. The van der Waals surface area contributed by atoms with Crippen LogP contribution in [0.1, 0.15) is 36.7 Å². The zero-order valence-electron chi connectivity index (χ0n) is 20.4. The fourth-order valence-corrected chi connectivity index (χ4v) is 5.16. The Hall–Kier alpha value is -3.46. The SMILES string of the molecule is Cc1cccc(C(=O)N2CCN(c3nn4c(NC(C)(C)C)c(-c5ccc(F)cc5)nc4s3)CC2)c1. The van der Waals surface area contributed by atoms with Crippen LogP contribution < -0.4 is 10.2 Å². The summed E-state index contributed by atoms with van der Waals surface area (Å²) in [6.07, 6.45) is 0. The van der Waals surface area contributed by atoms with E-state index in [9.17, 15) is 9.18 Å². The van der Waals surface area contributed by atoms with Gasteiger partial charge in [-0.2, -0.15) is 4.52 Å². The molecule has 0 spiro atoms. The quantitative estimate of drug-likeness (QED) is 0.431. The molecule has 1 aliphatic heterocycles. The number of nitrogens with zero attached hydrogens (tertiary/aromatic N) is 5. The minimum atomic E-state index is -0.277. The highest BCUT2D eigenvalue weighted by atomic mass is 32.1. The number of amides is 1. The number of benzene rings is 2. The van der Waals surface area contributed by atoms with E-state index in [2.05, 4.69) is 31.0 Å². The van der Waals surface area contributed by atoms with Crippen LogP contribution in [0.15, 0.2) is 48.5 Å². The number of carbonyl (C=O) groups excluding carboxylic acids is 1. The van der Waals surface area contributed by atoms with E-state index in [0.29, 0.717) is 26.2 Å². The van der Waals surface area contributed by atoms with Crippen LogP contribution in [0.5, 0.6) is 0 Å². The molecule has 1 amide bonds. The fraction of sp³-hybridized carbons (Fsp3) is 0.346. The zero-order chi connectivity index (χ0) is 24.7. The van der Waals surface area contributed by atoms with E-state index < -0.39 is 0 Å². The van der Waals surface area contributed by atoms with Crippen molar-refractivity contribution in [2.45, 2.75) is 33.2 Å². The lowest BCUT2D eigenvalue weighted by atomic mass is 10.1. The van der Waals surface area contributed by atoms with Gasteiger partial charge in [-0.25, -0.2) is 9.37 Å². The molecule has 182 valence electrons. The monoisotopic (exact) mass is 492 g/mol. The predicted molar refractivity (Wildman–Crippen MR) is 139 cm³/mol. The number of piperazine rings is 1. The Morgan fingerprint density at radius 1 is 1.06 bits per heavy atom. The summed E-state index contributed by atoms with van der Waals surface area (Å²) in [7, 11) is 0. The summed E-state index contributed by atoms with van der Waals surface area (Å²) in [5.41, 5.74) is 3.19. The molecule has 0 atom stereocenters. The molecule has 4 aromatic rings. The Morgan fingerprint density at radius 2 is 1.77 bits per heavy atom. The fourth-order valence-electron chi connectivity index (χ4n) is 4.20. The number of nitrogens with one attached hydrogen (secondary N) is 1. The van der Waals surface area contributed by atoms with Crippen molar-refractivity contribution in [3.63, 3.8) is 0 Å². The van der Waals surface area contributed by atoms with Crippen LogP contribution in [0, 0.1) is 12.7 Å². The number of aryl methyl sites for hydroxylation is 1. The molecule has 2 aromatic heterocycles. The second kappa shape index (κ2) is 8.96. The smallest absolute Gasteiger partial charge is 0.253 e. The Labute approximate surface area is 208 Å². The van der Waals surface area contributed by atoms with Crippen molar-refractivity contribution in [2.75, 3.05) is 36.4 Å². The van der Waals surface area contributed by atoms with E-state index in [1.54, 1.807) is 12.1 Å². The Morgan fingerprint density at radius 3 is 2.43 bits per heavy atom. The Kier molecular flexibility index (Phi) is 5.96. The molecule has 0 saturated carbocycles. The van der Waals surface area contributed by atoms with Gasteiger partial charge in [-0.15, -0.1) is 5.10 Å². The number of hydrogen-bond donors (Lipinski definition) is 1. The number of anilines is 2. The van der Waals surface area contributed by atoms with Gasteiger partial charge in [0, 0.05) is 42.8 Å². The number of fused-ring (bicyclic) bond motifs is 1. The maximum atomic E-state index is 13.5. The van der Waals surface area contributed by atoms with Gasteiger partial charge in [0.1, 0.15) is 11.5 Å². The minimum absolute atomic E-state index is 0.0721. The molecule has 0 aliphatic carbocycles. The summed E-state index contributed by atoms with van der Waals surface area (Å²) in [5, 5.41) is 9.28. The number of aromatic nitrogens is 3. The van der Waals surface area contributed by atoms with Gasteiger partial charge < -0.3 is 15.1 Å². The van der Waals surface area contributed by atoms with E-state index in [0.717, 1.165) is 38.3 Å². The molecule has 0 radical (unpaired) electrons. The lowest BCUT2D eigenvalue weighted by Crippen LogP contribution is -2.48. The minimum Gasteiger partial charge on any atom is -0.364 e. The molecule has 9 heteroatoms. The van der Waals surface area contributed by atoms with E-state index in [4.69, 9.17) is 10.1 Å². The molecule has 1 fully saturated rings. The molecule has 0 unspecified atom stereocenters. The molecular weight excluding hydrogens is 463 g/mol. The van der Waals surface area contributed by atoms with Crippen LogP contribution in [0.25, 0.3) is 16.2 Å². The zero-order valence-corrected chi connectivity index (χ0v) is 21.2. The van der Waals surface area contributed by atoms with Crippen LogP contribution in [-0.4, -0.2) is 57.1 Å². The molecule has 2 aromatic carbocycles. The van der Waals surface area contributed by atoms with Crippen molar-refractivity contribution in [1.82, 2.24) is 19.5 Å². The maximum absolute atomic E-state index is 13.5. The molecule has 0 bridgehead atoms. The molecular formula is C26H29FN6OS. The average Bonchev–Trinajstić information content (AvgIpc) is 3.38. The molecule has 5 rings (SSSR count). The van der Waals surface area contributed by atoms with Crippen molar-refractivity contribution in [3.05, 3.63) is 65.5 Å². The van der Waals surface area contributed by atoms with Gasteiger partial charge in [-0.1, -0.05) is 29.0 Å². The van der Waals surface area contributed by atoms with Crippen molar-refractivity contribution in [1.29, 1.82) is 0 Å². The summed E-state index contributed by atoms with van der Waals surface area (Å²) in [4.78, 5) is 22.6. The topological polar surface area (TPSA) is 65.8 Å². The highest BCUT2D eigenvalue weighted by molar-refractivity contribution is 7.20. The molecule has 35 heavy (non-hydrogen) atoms. The van der Waals surface area contributed by atoms with Crippen molar-refractivity contribution in [2.24, 2.45) is 0 Å². The summed E-state index contributed by atoms with van der Waals surface area (Å²) in [5.74, 6) is 0.582. The molecule has 1 N–H and O–H groups in total. The van der Waals surface area contributed by atoms with Crippen LogP contribution in [-0.2, 0) is 0 Å². The summed E-state index contributed by atoms with van der Waals surface area (Å²) in [6.45, 7) is 10.9. The van der Waals surface area contributed by atoms with Crippen LogP contribution >= 0.6 is 11.3 Å². The number of rotatable bonds is 4. The van der Waals surface area contributed by atoms with Crippen molar-refractivity contribution < 1.29 is 9.18 Å². The molecule has 3 heterocycles. The van der Waals surface area contributed by atoms with Crippen molar-refractivity contribution in [3.8, 4) is 11.3 Å². The number of halogens is 1. The van der Waals surface area contributed by atoms with E-state index in [1.807, 2.05) is 40.6 Å². The van der Waals surface area contributed by atoms with Gasteiger partial charge in [0.25, 0.3) is 5.91 Å². The third-order valence-electron chi connectivity index (χ3n) is 5.91. The lowest BCUT2D eigenvalue weighted by molar-refractivity contribution is 0.0746. The predicted octanol–water partition coefficient (Wildman–Crippen LogP) is 5.08. The summed E-state index contributed by atoms with van der Waals surface area (Å²) >= 11 is 1.52. The van der Waals surface area contributed by atoms with Gasteiger partial charge in [0.15, 0.2) is 5.82 Å². The first-order valence-corrected chi connectivity index (χ1v) is 12.5. The average molecular weight is 493 g/mol. The van der Waals surface area contributed by atoms with Crippen LogP contribution in [0.4, 0.5) is 15.3 Å². The summed E-state index contributed by atoms with van der Waals surface area (Å²) in [6, 6.07) is 14.1. The van der Waals surface area contributed by atoms with E-state index in [1.165, 1.54) is 23.5 Å². The molecule has 7 nitrogen and oxygen atoms in total. The van der Waals surface area contributed by atoms with Gasteiger partial charge in [-0.3, -0.25) is 4.79 Å². The maximum Gasteiger partial charge on any atom is 0.253 e. The van der Waals surface area contributed by atoms with Crippen LogP contribution in [0.2, 0.25) is 0 Å². The largest absolute Gasteiger partial charge is 0.364 e. The Bertz CT molecular complexity index is 1360. The number of carbonyl (C=O) groups is 1.